The van der Waals surface area contributed by atoms with Crippen molar-refractivity contribution in [3.05, 3.63) is 35.4 Å². The van der Waals surface area contributed by atoms with Crippen LogP contribution in [0.2, 0.25) is 0 Å². The normalized spacial score (nSPS) is 17.9. The van der Waals surface area contributed by atoms with Crippen LogP contribution in [0.15, 0.2) is 24.3 Å². The zero-order valence-electron chi connectivity index (χ0n) is 12.8. The highest BCUT2D eigenvalue weighted by Crippen LogP contribution is 2.24. The first-order chi connectivity index (χ1) is 10.3. The van der Waals surface area contributed by atoms with Gasteiger partial charge in [0.1, 0.15) is 0 Å². The molecule has 1 aliphatic rings. The Morgan fingerprint density at radius 3 is 2.41 bits per heavy atom. The molecule has 1 fully saturated rings. The van der Waals surface area contributed by atoms with Gasteiger partial charge in [-0.3, -0.25) is 9.69 Å². The molecular formula is C16H21F3N2O. The maximum Gasteiger partial charge on any atom is 0.401 e. The molecule has 0 unspecified atom stereocenters. The van der Waals surface area contributed by atoms with Gasteiger partial charge < -0.3 is 5.32 Å². The van der Waals surface area contributed by atoms with Crippen LogP contribution in [-0.2, 0) is 11.2 Å². The third kappa shape index (κ3) is 4.47. The second-order valence-corrected chi connectivity index (χ2v) is 5.83. The lowest BCUT2D eigenvalue weighted by atomic mass is 9.98. The van der Waals surface area contributed by atoms with Crippen LogP contribution in [0.3, 0.4) is 0 Å². The van der Waals surface area contributed by atoms with Gasteiger partial charge in [-0.15, -0.1) is 0 Å². The molecule has 0 radical (unpaired) electrons. The van der Waals surface area contributed by atoms with Crippen molar-refractivity contribution in [3.63, 3.8) is 0 Å². The Hall–Kier alpha value is -1.56. The summed E-state index contributed by atoms with van der Waals surface area (Å²) < 4.78 is 36.6. The van der Waals surface area contributed by atoms with Crippen LogP contribution in [0.5, 0.6) is 0 Å². The van der Waals surface area contributed by atoms with Crippen LogP contribution in [0.1, 0.15) is 31.0 Å². The maximum absolute atomic E-state index is 12.2. The summed E-state index contributed by atoms with van der Waals surface area (Å²) in [7, 11) is 0. The summed E-state index contributed by atoms with van der Waals surface area (Å²) in [6, 6.07) is 7.84. The topological polar surface area (TPSA) is 32.3 Å². The minimum Gasteiger partial charge on any atom is -0.349 e. The van der Waals surface area contributed by atoms with Crippen molar-refractivity contribution < 1.29 is 18.0 Å². The van der Waals surface area contributed by atoms with Crippen molar-refractivity contribution in [3.8, 4) is 0 Å². The molecular weight excluding hydrogens is 293 g/mol. The van der Waals surface area contributed by atoms with Crippen molar-refractivity contribution in [2.75, 3.05) is 19.6 Å². The number of amides is 1. The molecule has 0 aliphatic carbocycles. The minimum absolute atomic E-state index is 0.143. The molecule has 1 N–H and O–H groups in total. The quantitative estimate of drug-likeness (QED) is 0.906. The SMILES string of the molecule is CCc1ccc([C@H](C)NC(=O)C2CN(CC(F)(F)F)C2)cc1. The standard InChI is InChI=1S/C16H21F3N2O/c1-3-12-4-6-13(7-5-12)11(2)20-15(22)14-8-21(9-14)10-16(17,18)19/h4-7,11,14H,3,8-10H2,1-2H3,(H,20,22)/t11-/m0/s1. The van der Waals surface area contributed by atoms with E-state index in [-0.39, 0.29) is 31.0 Å². The lowest BCUT2D eigenvalue weighted by molar-refractivity contribution is -0.163. The maximum atomic E-state index is 12.2. The Balaban J connectivity index is 1.80. The van der Waals surface area contributed by atoms with Gasteiger partial charge in [-0.05, 0) is 24.5 Å². The molecule has 0 saturated carbocycles. The largest absolute Gasteiger partial charge is 0.401 e. The average Bonchev–Trinajstić information content (AvgIpc) is 2.41. The number of nitrogens with zero attached hydrogens (tertiary/aromatic N) is 1. The Morgan fingerprint density at radius 1 is 1.32 bits per heavy atom. The number of benzene rings is 1. The fourth-order valence-corrected chi connectivity index (χ4v) is 2.57. The zero-order chi connectivity index (χ0) is 16.3. The fourth-order valence-electron chi connectivity index (χ4n) is 2.57. The van der Waals surface area contributed by atoms with Crippen LogP contribution in [0, 0.1) is 5.92 Å². The predicted octanol–water partition coefficient (Wildman–Crippen LogP) is 2.92. The van der Waals surface area contributed by atoms with Gasteiger partial charge in [0.05, 0.1) is 18.5 Å². The third-order valence-corrected chi connectivity index (χ3v) is 3.98. The Bertz CT molecular complexity index is 507. The monoisotopic (exact) mass is 314 g/mol. The van der Waals surface area contributed by atoms with E-state index in [0.29, 0.717) is 0 Å². The molecule has 1 aliphatic heterocycles. The lowest BCUT2D eigenvalue weighted by Crippen LogP contribution is -2.56. The first-order valence-corrected chi connectivity index (χ1v) is 7.47. The predicted molar refractivity (Wildman–Crippen MR) is 78.4 cm³/mol. The summed E-state index contributed by atoms with van der Waals surface area (Å²) in [6.07, 6.45) is -3.24. The molecule has 0 spiro atoms. The molecule has 2 rings (SSSR count). The summed E-state index contributed by atoms with van der Waals surface area (Å²) in [6.45, 7) is 3.36. The number of alkyl halides is 3. The molecule has 1 aromatic carbocycles. The average molecular weight is 314 g/mol. The molecule has 1 saturated heterocycles. The van der Waals surface area contributed by atoms with E-state index < -0.39 is 12.7 Å². The summed E-state index contributed by atoms with van der Waals surface area (Å²) in [4.78, 5) is 13.3. The molecule has 6 heteroatoms. The molecule has 122 valence electrons. The summed E-state index contributed by atoms with van der Waals surface area (Å²) in [5.74, 6) is -0.523. The van der Waals surface area contributed by atoms with E-state index in [2.05, 4.69) is 12.2 Å². The fraction of sp³-hybridized carbons (Fsp3) is 0.562. The van der Waals surface area contributed by atoms with Gasteiger partial charge in [0, 0.05) is 13.1 Å². The smallest absolute Gasteiger partial charge is 0.349 e. The van der Waals surface area contributed by atoms with Gasteiger partial charge in [-0.25, -0.2) is 0 Å². The number of carbonyl (C=O) groups excluding carboxylic acids is 1. The Morgan fingerprint density at radius 2 is 1.91 bits per heavy atom. The minimum atomic E-state index is -4.20. The lowest BCUT2D eigenvalue weighted by Gasteiger charge is -2.38. The van der Waals surface area contributed by atoms with E-state index in [1.54, 1.807) is 0 Å². The molecule has 1 aromatic rings. The summed E-state index contributed by atoms with van der Waals surface area (Å²) in [5.41, 5.74) is 2.22. The zero-order valence-corrected chi connectivity index (χ0v) is 12.8. The van der Waals surface area contributed by atoms with Gasteiger partial charge in [0.25, 0.3) is 0 Å². The number of nitrogens with one attached hydrogen (secondary N) is 1. The molecule has 1 atom stereocenters. The van der Waals surface area contributed by atoms with E-state index >= 15 is 0 Å². The van der Waals surface area contributed by atoms with Crippen LogP contribution in [0.4, 0.5) is 13.2 Å². The molecule has 0 bridgehead atoms. The molecule has 0 aromatic heterocycles. The van der Waals surface area contributed by atoms with E-state index in [4.69, 9.17) is 0 Å². The van der Waals surface area contributed by atoms with Crippen LogP contribution in [0.25, 0.3) is 0 Å². The first kappa shape index (κ1) is 16.8. The highest BCUT2D eigenvalue weighted by atomic mass is 19.4. The number of likely N-dealkylation sites (tertiary alicyclic amines) is 1. The van der Waals surface area contributed by atoms with Crippen LogP contribution < -0.4 is 5.32 Å². The van der Waals surface area contributed by atoms with Crippen LogP contribution >= 0.6 is 0 Å². The van der Waals surface area contributed by atoms with Gasteiger partial charge in [-0.1, -0.05) is 31.2 Å². The van der Waals surface area contributed by atoms with Crippen molar-refractivity contribution in [1.29, 1.82) is 0 Å². The molecule has 1 amide bonds. The van der Waals surface area contributed by atoms with Crippen molar-refractivity contribution >= 4 is 5.91 Å². The van der Waals surface area contributed by atoms with E-state index in [1.165, 1.54) is 10.5 Å². The number of carbonyl (C=O) groups is 1. The van der Waals surface area contributed by atoms with Crippen molar-refractivity contribution in [2.24, 2.45) is 5.92 Å². The number of halogens is 3. The number of hydrogen-bond donors (Lipinski definition) is 1. The van der Waals surface area contributed by atoms with Gasteiger partial charge in [-0.2, -0.15) is 13.2 Å². The number of hydrogen-bond acceptors (Lipinski definition) is 2. The summed E-state index contributed by atoms with van der Waals surface area (Å²) in [5, 5.41) is 2.87. The van der Waals surface area contributed by atoms with Gasteiger partial charge >= 0.3 is 6.18 Å². The van der Waals surface area contributed by atoms with Crippen molar-refractivity contribution in [1.82, 2.24) is 10.2 Å². The van der Waals surface area contributed by atoms with Gasteiger partial charge in [0.2, 0.25) is 5.91 Å². The molecule has 22 heavy (non-hydrogen) atoms. The molecule has 3 nitrogen and oxygen atoms in total. The number of aryl methyl sites for hydroxylation is 1. The van der Waals surface area contributed by atoms with Crippen LogP contribution in [-0.4, -0.2) is 36.6 Å². The second kappa shape index (κ2) is 6.69. The Labute approximate surface area is 128 Å². The highest BCUT2D eigenvalue weighted by Gasteiger charge is 2.39. The van der Waals surface area contributed by atoms with Crippen molar-refractivity contribution in [2.45, 2.75) is 32.5 Å². The van der Waals surface area contributed by atoms with E-state index in [1.807, 2.05) is 31.2 Å². The highest BCUT2D eigenvalue weighted by molar-refractivity contribution is 5.80. The first-order valence-electron chi connectivity index (χ1n) is 7.47. The van der Waals surface area contributed by atoms with E-state index in [9.17, 15) is 18.0 Å². The summed E-state index contributed by atoms with van der Waals surface area (Å²) >= 11 is 0. The number of rotatable bonds is 5. The van der Waals surface area contributed by atoms with Gasteiger partial charge in [0.15, 0.2) is 0 Å². The molecule has 1 heterocycles. The Kier molecular flexibility index (Phi) is 5.11. The third-order valence-electron chi connectivity index (χ3n) is 3.98. The van der Waals surface area contributed by atoms with E-state index in [0.717, 1.165) is 12.0 Å². The second-order valence-electron chi connectivity index (χ2n) is 5.83.